The Morgan fingerprint density at radius 1 is 1.28 bits per heavy atom. The SMILES string of the molecule is Cc1cc(Cl)cc(-c2ccnc3cc(CC4C(=O)NCC4O)sc23)c1O[C@H]1CCCN(C(=O)OC(C)(C)C)C1. The summed E-state index contributed by atoms with van der Waals surface area (Å²) in [6.45, 7) is 8.92. The summed E-state index contributed by atoms with van der Waals surface area (Å²) in [5, 5.41) is 13.6. The first kappa shape index (κ1) is 27.7. The van der Waals surface area contributed by atoms with Crippen LogP contribution in [0.4, 0.5) is 4.79 Å². The quantitative estimate of drug-likeness (QED) is 0.428. The molecule has 2 aliphatic rings. The van der Waals surface area contributed by atoms with Gasteiger partial charge in [0.2, 0.25) is 5.91 Å². The number of benzene rings is 1. The maximum absolute atomic E-state index is 12.7. The molecule has 3 atom stereocenters. The van der Waals surface area contributed by atoms with Crippen molar-refractivity contribution in [2.45, 2.75) is 64.8 Å². The highest BCUT2D eigenvalue weighted by molar-refractivity contribution is 7.19. The van der Waals surface area contributed by atoms with Crippen molar-refractivity contribution in [1.82, 2.24) is 15.2 Å². The smallest absolute Gasteiger partial charge is 0.410 e. The zero-order valence-corrected chi connectivity index (χ0v) is 24.2. The molecule has 10 heteroatoms. The number of fused-ring (bicyclic) bond motifs is 1. The fraction of sp³-hybridized carbons (Fsp3) is 0.483. The number of likely N-dealkylation sites (tertiary alicyclic amines) is 1. The number of nitrogens with one attached hydrogen (secondary N) is 1. The van der Waals surface area contributed by atoms with Crippen LogP contribution in [0.3, 0.4) is 0 Å². The number of piperidine rings is 1. The van der Waals surface area contributed by atoms with Crippen molar-refractivity contribution < 1.29 is 24.2 Å². The van der Waals surface area contributed by atoms with Crippen LogP contribution in [0.5, 0.6) is 5.75 Å². The minimum absolute atomic E-state index is 0.123. The van der Waals surface area contributed by atoms with E-state index in [4.69, 9.17) is 21.1 Å². The highest BCUT2D eigenvalue weighted by atomic mass is 35.5. The summed E-state index contributed by atoms with van der Waals surface area (Å²) in [6.07, 6.45) is 2.64. The Hall–Kier alpha value is -2.88. The zero-order valence-electron chi connectivity index (χ0n) is 22.6. The van der Waals surface area contributed by atoms with E-state index in [9.17, 15) is 14.7 Å². The van der Waals surface area contributed by atoms with Crippen molar-refractivity contribution in [2.24, 2.45) is 5.92 Å². The lowest BCUT2D eigenvalue weighted by Gasteiger charge is -2.34. The van der Waals surface area contributed by atoms with Crippen LogP contribution in [-0.4, -0.2) is 64.4 Å². The molecule has 0 spiro atoms. The van der Waals surface area contributed by atoms with E-state index in [-0.39, 0.29) is 24.6 Å². The van der Waals surface area contributed by atoms with Crippen LogP contribution in [-0.2, 0) is 16.0 Å². The van der Waals surface area contributed by atoms with E-state index in [1.54, 1.807) is 22.4 Å². The van der Waals surface area contributed by atoms with E-state index in [0.29, 0.717) is 24.5 Å². The van der Waals surface area contributed by atoms with E-state index in [1.807, 2.05) is 52.0 Å². The van der Waals surface area contributed by atoms with Crippen LogP contribution < -0.4 is 10.1 Å². The van der Waals surface area contributed by atoms with E-state index in [0.717, 1.165) is 50.4 Å². The molecule has 1 aromatic carbocycles. The van der Waals surface area contributed by atoms with Crippen molar-refractivity contribution in [3.05, 3.63) is 45.9 Å². The van der Waals surface area contributed by atoms with Gasteiger partial charge in [-0.15, -0.1) is 11.3 Å². The second-order valence-electron chi connectivity index (χ2n) is 11.3. The van der Waals surface area contributed by atoms with Crippen LogP contribution >= 0.6 is 22.9 Å². The third-order valence-electron chi connectivity index (χ3n) is 7.01. The van der Waals surface area contributed by atoms with Gasteiger partial charge in [-0.05, 0) is 76.8 Å². The molecule has 2 unspecified atom stereocenters. The molecular formula is C29H34ClN3O5S. The Balaban J connectivity index is 1.44. The Bertz CT molecular complexity index is 1400. The Morgan fingerprint density at radius 3 is 2.79 bits per heavy atom. The van der Waals surface area contributed by atoms with E-state index in [2.05, 4.69) is 10.3 Å². The number of aliphatic hydroxyl groups excluding tert-OH is 1. The zero-order chi connectivity index (χ0) is 27.9. The van der Waals surface area contributed by atoms with Crippen LogP contribution in [0.2, 0.25) is 5.02 Å². The Morgan fingerprint density at radius 2 is 2.08 bits per heavy atom. The third-order valence-corrected chi connectivity index (χ3v) is 8.41. The van der Waals surface area contributed by atoms with Gasteiger partial charge in [0, 0.05) is 40.3 Å². The number of hydrogen-bond donors (Lipinski definition) is 2. The topological polar surface area (TPSA) is 101 Å². The number of rotatable bonds is 5. The van der Waals surface area contributed by atoms with Crippen LogP contribution in [0, 0.1) is 12.8 Å². The standard InChI is InChI=1S/C29H34ClN3O5S/c1-16-10-17(30)11-21(25(16)37-18-6-5-9-33(15-18)28(36)38-29(2,3)4)20-7-8-31-23-13-19(39-26(20)23)12-22-24(34)14-32-27(22)35/h7-8,10-11,13,18,22,24,34H,5-6,9,12,14-15H2,1-4H3,(H,32,35)/t18-,22?,24?/m0/s1. The molecule has 2 N–H and O–H groups in total. The second kappa shape index (κ2) is 10.9. The lowest BCUT2D eigenvalue weighted by Crippen LogP contribution is -2.46. The molecule has 0 radical (unpaired) electrons. The monoisotopic (exact) mass is 571 g/mol. The van der Waals surface area contributed by atoms with Gasteiger partial charge in [0.15, 0.2) is 0 Å². The van der Waals surface area contributed by atoms with Gasteiger partial charge in [0.25, 0.3) is 0 Å². The summed E-state index contributed by atoms with van der Waals surface area (Å²) < 4.78 is 13.2. The minimum atomic E-state index is -0.693. The second-order valence-corrected chi connectivity index (χ2v) is 12.9. The van der Waals surface area contributed by atoms with E-state index in [1.165, 1.54) is 0 Å². The average molecular weight is 572 g/mol. The number of carbonyl (C=O) groups excluding carboxylic acids is 2. The lowest BCUT2D eigenvalue weighted by atomic mass is 10.00. The van der Waals surface area contributed by atoms with Gasteiger partial charge in [-0.1, -0.05) is 11.6 Å². The first-order valence-electron chi connectivity index (χ1n) is 13.3. The van der Waals surface area contributed by atoms with Gasteiger partial charge in [0.05, 0.1) is 28.8 Å². The van der Waals surface area contributed by atoms with Crippen LogP contribution in [0.15, 0.2) is 30.5 Å². The van der Waals surface area contributed by atoms with Crippen LogP contribution in [0.1, 0.15) is 44.1 Å². The molecule has 208 valence electrons. The fourth-order valence-corrected chi connectivity index (χ4v) is 6.65. The number of aromatic nitrogens is 1. The molecule has 5 rings (SSSR count). The molecule has 2 fully saturated rings. The molecule has 0 aliphatic carbocycles. The van der Waals surface area contributed by atoms with E-state index < -0.39 is 17.6 Å². The number of ether oxygens (including phenoxy) is 2. The van der Waals surface area contributed by atoms with Gasteiger partial charge in [-0.2, -0.15) is 0 Å². The predicted octanol–water partition coefficient (Wildman–Crippen LogP) is 5.35. The maximum atomic E-state index is 12.7. The molecule has 8 nitrogen and oxygen atoms in total. The molecule has 2 aromatic heterocycles. The molecular weight excluding hydrogens is 538 g/mol. The first-order chi connectivity index (χ1) is 18.5. The van der Waals surface area contributed by atoms with Crippen LogP contribution in [0.25, 0.3) is 21.3 Å². The molecule has 2 amide bonds. The number of thiophene rings is 1. The third kappa shape index (κ3) is 6.15. The molecule has 0 saturated carbocycles. The Kier molecular flexibility index (Phi) is 7.77. The number of carbonyl (C=O) groups is 2. The number of aryl methyl sites for hydroxylation is 1. The van der Waals surface area contributed by atoms with Gasteiger partial charge in [-0.3, -0.25) is 9.78 Å². The normalized spacial score (nSPS) is 21.7. The number of pyridine rings is 1. The van der Waals surface area contributed by atoms with Gasteiger partial charge >= 0.3 is 6.09 Å². The number of nitrogens with zero attached hydrogens (tertiary/aromatic N) is 2. The van der Waals surface area contributed by atoms with Crippen molar-refractivity contribution >= 4 is 45.2 Å². The van der Waals surface area contributed by atoms with Crippen molar-refractivity contribution in [1.29, 1.82) is 0 Å². The van der Waals surface area contributed by atoms with Gasteiger partial charge < -0.3 is 24.8 Å². The minimum Gasteiger partial charge on any atom is -0.488 e. The number of halogens is 1. The molecule has 3 aromatic rings. The average Bonchev–Trinajstić information content (AvgIpc) is 3.42. The number of β-amino-alcohol motifs (C(OH)–C–C–N with tert-alkyl or cyclic N) is 1. The summed E-state index contributed by atoms with van der Waals surface area (Å²) in [6, 6.07) is 7.72. The summed E-state index contributed by atoms with van der Waals surface area (Å²) in [7, 11) is 0. The molecule has 39 heavy (non-hydrogen) atoms. The summed E-state index contributed by atoms with van der Waals surface area (Å²) in [4.78, 5) is 32.2. The molecule has 2 aliphatic heterocycles. The van der Waals surface area contributed by atoms with Crippen molar-refractivity contribution in [2.75, 3.05) is 19.6 Å². The molecule has 0 bridgehead atoms. The summed E-state index contributed by atoms with van der Waals surface area (Å²) in [5.74, 6) is 0.138. The van der Waals surface area contributed by atoms with Crippen molar-refractivity contribution in [3.63, 3.8) is 0 Å². The first-order valence-corrected chi connectivity index (χ1v) is 14.5. The largest absolute Gasteiger partial charge is 0.488 e. The number of aliphatic hydroxyl groups is 1. The van der Waals surface area contributed by atoms with Gasteiger partial charge in [0.1, 0.15) is 17.5 Å². The maximum Gasteiger partial charge on any atom is 0.410 e. The Labute approximate surface area is 237 Å². The fourth-order valence-electron chi connectivity index (χ4n) is 5.18. The molecule has 2 saturated heterocycles. The summed E-state index contributed by atoms with van der Waals surface area (Å²) >= 11 is 8.10. The van der Waals surface area contributed by atoms with Gasteiger partial charge in [-0.25, -0.2) is 4.79 Å². The lowest BCUT2D eigenvalue weighted by molar-refractivity contribution is -0.123. The van der Waals surface area contributed by atoms with Crippen molar-refractivity contribution in [3.8, 4) is 16.9 Å². The highest BCUT2D eigenvalue weighted by Crippen LogP contribution is 2.42. The number of amides is 2. The predicted molar refractivity (Wildman–Crippen MR) is 152 cm³/mol. The highest BCUT2D eigenvalue weighted by Gasteiger charge is 2.34. The molecule has 4 heterocycles. The summed E-state index contributed by atoms with van der Waals surface area (Å²) in [5.41, 5.74) is 2.95. The number of hydrogen-bond acceptors (Lipinski definition) is 7. The van der Waals surface area contributed by atoms with E-state index >= 15 is 0 Å².